The van der Waals surface area contributed by atoms with Crippen LogP contribution in [0.15, 0.2) is 54.6 Å². The average molecular weight is 392 g/mol. The first-order valence-electron chi connectivity index (χ1n) is 9.51. The molecule has 7 nitrogen and oxygen atoms in total. The third kappa shape index (κ3) is 3.89. The van der Waals surface area contributed by atoms with Crippen LogP contribution in [-0.2, 0) is 25.8 Å². The molecule has 148 valence electrons. The van der Waals surface area contributed by atoms with Crippen LogP contribution in [0, 0.1) is 0 Å². The fraction of sp³-hybridized carbons (Fsp3) is 0.273. The van der Waals surface area contributed by atoms with E-state index < -0.39 is 17.8 Å². The van der Waals surface area contributed by atoms with E-state index in [0.717, 1.165) is 11.1 Å². The molecule has 0 saturated carbocycles. The van der Waals surface area contributed by atoms with Crippen LogP contribution in [0.2, 0.25) is 0 Å². The normalized spacial score (nSPS) is 16.9. The molecular weight excluding hydrogens is 372 g/mol. The molecule has 0 aliphatic carbocycles. The van der Waals surface area contributed by atoms with Gasteiger partial charge in [-0.05, 0) is 17.2 Å². The second-order valence-electron chi connectivity index (χ2n) is 7.20. The number of carbonyl (C=O) groups excluding carboxylic acids is 4. The van der Waals surface area contributed by atoms with Gasteiger partial charge in [0, 0.05) is 37.4 Å². The van der Waals surface area contributed by atoms with Crippen molar-refractivity contribution in [3.05, 3.63) is 71.3 Å². The topological polar surface area (TPSA) is 84.0 Å². The minimum absolute atomic E-state index is 0.0504. The van der Waals surface area contributed by atoms with Gasteiger partial charge in [0.15, 0.2) is 0 Å². The SMILES string of the molecule is O=C(CC(CN1Cc2ccccc2C1=O)c1ccccc1)ON1C(=O)CCC1=O. The Balaban J connectivity index is 1.49. The highest BCUT2D eigenvalue weighted by atomic mass is 16.7. The Hall–Kier alpha value is -3.48. The second-order valence-corrected chi connectivity index (χ2v) is 7.20. The minimum atomic E-state index is -0.674. The monoisotopic (exact) mass is 392 g/mol. The van der Waals surface area contributed by atoms with Crippen LogP contribution in [0.3, 0.4) is 0 Å². The maximum absolute atomic E-state index is 12.7. The molecule has 0 spiro atoms. The van der Waals surface area contributed by atoms with Gasteiger partial charge in [-0.2, -0.15) is 0 Å². The number of carbonyl (C=O) groups is 4. The molecule has 29 heavy (non-hydrogen) atoms. The summed E-state index contributed by atoms with van der Waals surface area (Å²) in [5, 5.41) is 0.557. The lowest BCUT2D eigenvalue weighted by Gasteiger charge is -2.24. The first-order valence-corrected chi connectivity index (χ1v) is 9.51. The van der Waals surface area contributed by atoms with Crippen molar-refractivity contribution in [1.29, 1.82) is 0 Å². The summed E-state index contributed by atoms with van der Waals surface area (Å²) in [5.41, 5.74) is 2.52. The van der Waals surface area contributed by atoms with E-state index in [1.165, 1.54) is 0 Å². The zero-order valence-electron chi connectivity index (χ0n) is 15.7. The summed E-state index contributed by atoms with van der Waals surface area (Å²) >= 11 is 0. The molecule has 2 aliphatic rings. The predicted molar refractivity (Wildman–Crippen MR) is 102 cm³/mol. The number of fused-ring (bicyclic) bond motifs is 1. The second kappa shape index (κ2) is 7.87. The maximum Gasteiger partial charge on any atom is 0.333 e. The molecule has 0 radical (unpaired) electrons. The highest BCUT2D eigenvalue weighted by Gasteiger charge is 2.34. The van der Waals surface area contributed by atoms with E-state index in [1.54, 1.807) is 11.0 Å². The zero-order chi connectivity index (χ0) is 20.4. The van der Waals surface area contributed by atoms with Gasteiger partial charge in [-0.1, -0.05) is 48.5 Å². The van der Waals surface area contributed by atoms with E-state index in [4.69, 9.17) is 4.84 Å². The molecule has 4 rings (SSSR count). The summed E-state index contributed by atoms with van der Waals surface area (Å²) in [6, 6.07) is 16.8. The van der Waals surface area contributed by atoms with Crippen molar-refractivity contribution in [2.45, 2.75) is 31.7 Å². The van der Waals surface area contributed by atoms with Gasteiger partial charge in [-0.3, -0.25) is 14.4 Å². The van der Waals surface area contributed by atoms with Crippen molar-refractivity contribution in [1.82, 2.24) is 9.96 Å². The Labute approximate surface area is 167 Å². The lowest BCUT2D eigenvalue weighted by atomic mass is 9.95. The number of hydrogen-bond acceptors (Lipinski definition) is 5. The van der Waals surface area contributed by atoms with E-state index in [-0.39, 0.29) is 31.1 Å². The van der Waals surface area contributed by atoms with Gasteiger partial charge in [-0.25, -0.2) is 4.79 Å². The molecule has 2 aliphatic heterocycles. The van der Waals surface area contributed by atoms with E-state index >= 15 is 0 Å². The van der Waals surface area contributed by atoms with Crippen molar-refractivity contribution in [2.75, 3.05) is 6.54 Å². The molecule has 1 saturated heterocycles. The molecule has 2 aromatic carbocycles. The molecule has 0 bridgehead atoms. The molecular formula is C22H20N2O5. The van der Waals surface area contributed by atoms with E-state index in [1.807, 2.05) is 48.5 Å². The van der Waals surface area contributed by atoms with Crippen LogP contribution in [0.25, 0.3) is 0 Å². The molecule has 2 heterocycles. The Bertz CT molecular complexity index is 956. The third-order valence-electron chi connectivity index (χ3n) is 5.22. The van der Waals surface area contributed by atoms with Crippen molar-refractivity contribution in [3.8, 4) is 0 Å². The Morgan fingerprint density at radius 3 is 2.28 bits per heavy atom. The van der Waals surface area contributed by atoms with Gasteiger partial charge < -0.3 is 9.74 Å². The smallest absolute Gasteiger partial charge is 0.333 e. The number of benzene rings is 2. The summed E-state index contributed by atoms with van der Waals surface area (Å²) < 4.78 is 0. The average Bonchev–Trinajstić information content (AvgIpc) is 3.22. The standard InChI is InChI=1S/C22H20N2O5/c25-19-10-11-20(26)24(19)29-21(27)12-17(15-6-2-1-3-7-15)14-23-13-16-8-4-5-9-18(16)22(23)28/h1-9,17H,10-14H2. The Morgan fingerprint density at radius 2 is 1.59 bits per heavy atom. The quantitative estimate of drug-likeness (QED) is 0.705. The molecule has 1 fully saturated rings. The number of nitrogens with zero attached hydrogens (tertiary/aromatic N) is 2. The highest BCUT2D eigenvalue weighted by molar-refractivity contribution is 6.01. The van der Waals surface area contributed by atoms with Crippen LogP contribution in [0.4, 0.5) is 0 Å². The van der Waals surface area contributed by atoms with Gasteiger partial charge in [0.25, 0.3) is 17.7 Å². The van der Waals surface area contributed by atoms with Gasteiger partial charge >= 0.3 is 5.97 Å². The number of amides is 3. The first kappa shape index (κ1) is 18.9. The van der Waals surface area contributed by atoms with Crippen molar-refractivity contribution in [3.63, 3.8) is 0 Å². The minimum Gasteiger partial charge on any atom is -0.334 e. The largest absolute Gasteiger partial charge is 0.334 e. The fourth-order valence-electron chi connectivity index (χ4n) is 3.74. The van der Waals surface area contributed by atoms with Crippen LogP contribution in [-0.4, -0.2) is 40.2 Å². The van der Waals surface area contributed by atoms with E-state index in [2.05, 4.69) is 0 Å². The van der Waals surface area contributed by atoms with Gasteiger partial charge in [0.1, 0.15) is 0 Å². The predicted octanol–water partition coefficient (Wildman–Crippen LogP) is 2.42. The van der Waals surface area contributed by atoms with Crippen molar-refractivity contribution >= 4 is 23.7 Å². The summed E-state index contributed by atoms with van der Waals surface area (Å²) in [6.07, 6.45) is 0.0464. The molecule has 0 N–H and O–H groups in total. The molecule has 2 aromatic rings. The first-order chi connectivity index (χ1) is 14.0. The summed E-state index contributed by atoms with van der Waals surface area (Å²) in [7, 11) is 0. The molecule has 1 atom stereocenters. The van der Waals surface area contributed by atoms with Crippen LogP contribution >= 0.6 is 0 Å². The molecule has 3 amide bonds. The van der Waals surface area contributed by atoms with Crippen LogP contribution in [0.5, 0.6) is 0 Å². The van der Waals surface area contributed by atoms with E-state index in [9.17, 15) is 19.2 Å². The van der Waals surface area contributed by atoms with Crippen molar-refractivity contribution < 1.29 is 24.0 Å². The van der Waals surface area contributed by atoms with Crippen molar-refractivity contribution in [2.24, 2.45) is 0 Å². The summed E-state index contributed by atoms with van der Waals surface area (Å²) in [4.78, 5) is 55.3. The Kier molecular flexibility index (Phi) is 5.12. The number of imide groups is 1. The van der Waals surface area contributed by atoms with E-state index in [0.29, 0.717) is 23.7 Å². The lowest BCUT2D eigenvalue weighted by molar-refractivity contribution is -0.197. The molecule has 1 unspecified atom stereocenters. The number of hydrogen-bond donors (Lipinski definition) is 0. The Morgan fingerprint density at radius 1 is 0.931 bits per heavy atom. The van der Waals surface area contributed by atoms with Gasteiger partial charge in [-0.15, -0.1) is 5.06 Å². The lowest BCUT2D eigenvalue weighted by Crippen LogP contribution is -2.34. The summed E-state index contributed by atoms with van der Waals surface area (Å²) in [6.45, 7) is 0.811. The van der Waals surface area contributed by atoms with Gasteiger partial charge in [0.2, 0.25) is 0 Å². The van der Waals surface area contributed by atoms with Gasteiger partial charge in [0.05, 0.1) is 6.42 Å². The maximum atomic E-state index is 12.7. The zero-order valence-corrected chi connectivity index (χ0v) is 15.7. The summed E-state index contributed by atoms with van der Waals surface area (Å²) in [5.74, 6) is -2.09. The molecule has 0 aromatic heterocycles. The highest BCUT2D eigenvalue weighted by Crippen LogP contribution is 2.28. The van der Waals surface area contributed by atoms with Crippen LogP contribution in [0.1, 0.15) is 46.7 Å². The van der Waals surface area contributed by atoms with Crippen LogP contribution < -0.4 is 0 Å². The fourth-order valence-corrected chi connectivity index (χ4v) is 3.74. The number of hydroxylamine groups is 2. The molecule has 7 heteroatoms. The third-order valence-corrected chi connectivity index (χ3v) is 5.22. The number of rotatable bonds is 6.